The van der Waals surface area contributed by atoms with Gasteiger partial charge in [-0.1, -0.05) is 39.0 Å². The molecule has 110 valence electrons. The highest BCUT2D eigenvalue weighted by atomic mass is 16.2. The zero-order valence-electron chi connectivity index (χ0n) is 13.1. The second-order valence-electron chi connectivity index (χ2n) is 6.37. The summed E-state index contributed by atoms with van der Waals surface area (Å²) >= 11 is 0. The lowest BCUT2D eigenvalue weighted by Crippen LogP contribution is -2.42. The standard InChI is InChI=1S/C17H26N2O/c1-5-17(3,4)16(20)18-10-11-19-13(2)12-14-8-6-7-9-15(14)19/h6-9,13H,5,10-12H2,1-4H3,(H,18,20). The van der Waals surface area contributed by atoms with E-state index >= 15 is 0 Å². The summed E-state index contributed by atoms with van der Waals surface area (Å²) in [6.45, 7) is 9.88. The van der Waals surface area contributed by atoms with Gasteiger partial charge < -0.3 is 10.2 Å². The lowest BCUT2D eigenvalue weighted by Gasteiger charge is -2.27. The maximum absolute atomic E-state index is 12.1. The van der Waals surface area contributed by atoms with E-state index < -0.39 is 0 Å². The molecule has 1 unspecified atom stereocenters. The average molecular weight is 274 g/mol. The van der Waals surface area contributed by atoms with Crippen molar-refractivity contribution in [3.05, 3.63) is 29.8 Å². The van der Waals surface area contributed by atoms with Crippen LogP contribution in [-0.4, -0.2) is 25.0 Å². The molecular weight excluding hydrogens is 248 g/mol. The minimum atomic E-state index is -0.269. The highest BCUT2D eigenvalue weighted by Gasteiger charge is 2.27. The summed E-state index contributed by atoms with van der Waals surface area (Å²) in [7, 11) is 0. The van der Waals surface area contributed by atoms with Crippen molar-refractivity contribution in [1.82, 2.24) is 5.32 Å². The predicted octanol–water partition coefficient (Wildman–Crippen LogP) is 2.99. The Kier molecular flexibility index (Phi) is 4.36. The number of benzene rings is 1. The number of anilines is 1. The van der Waals surface area contributed by atoms with Gasteiger partial charge in [-0.05, 0) is 31.4 Å². The lowest BCUT2D eigenvalue weighted by atomic mass is 9.89. The van der Waals surface area contributed by atoms with Crippen LogP contribution in [0, 0.1) is 5.41 Å². The predicted molar refractivity (Wildman–Crippen MR) is 84.0 cm³/mol. The molecule has 0 fully saturated rings. The molecule has 0 spiro atoms. The van der Waals surface area contributed by atoms with Crippen molar-refractivity contribution in [2.75, 3.05) is 18.0 Å². The van der Waals surface area contributed by atoms with Crippen LogP contribution in [0.25, 0.3) is 0 Å². The molecule has 1 aromatic rings. The number of nitrogens with one attached hydrogen (secondary N) is 1. The third-order valence-corrected chi connectivity index (χ3v) is 4.49. The molecule has 3 heteroatoms. The Morgan fingerprint density at radius 3 is 2.80 bits per heavy atom. The third-order valence-electron chi connectivity index (χ3n) is 4.49. The molecular formula is C17H26N2O. The Morgan fingerprint density at radius 1 is 1.40 bits per heavy atom. The fraction of sp³-hybridized carbons (Fsp3) is 0.588. The van der Waals surface area contributed by atoms with Crippen molar-refractivity contribution in [1.29, 1.82) is 0 Å². The van der Waals surface area contributed by atoms with Crippen LogP contribution in [0.5, 0.6) is 0 Å². The van der Waals surface area contributed by atoms with Gasteiger partial charge in [0.15, 0.2) is 0 Å². The number of rotatable bonds is 5. The first kappa shape index (κ1) is 14.9. The molecule has 0 radical (unpaired) electrons. The van der Waals surface area contributed by atoms with Gasteiger partial charge in [0.2, 0.25) is 5.91 Å². The van der Waals surface area contributed by atoms with Crippen LogP contribution in [-0.2, 0) is 11.2 Å². The fourth-order valence-corrected chi connectivity index (χ4v) is 2.66. The van der Waals surface area contributed by atoms with Gasteiger partial charge in [0.05, 0.1) is 0 Å². The van der Waals surface area contributed by atoms with Crippen LogP contribution >= 0.6 is 0 Å². The first-order valence-corrected chi connectivity index (χ1v) is 7.58. The smallest absolute Gasteiger partial charge is 0.225 e. The number of para-hydroxylation sites is 1. The topological polar surface area (TPSA) is 32.3 Å². The largest absolute Gasteiger partial charge is 0.367 e. The number of fused-ring (bicyclic) bond motifs is 1. The number of carbonyl (C=O) groups excluding carboxylic acids is 1. The summed E-state index contributed by atoms with van der Waals surface area (Å²) in [4.78, 5) is 14.5. The number of hydrogen-bond donors (Lipinski definition) is 1. The number of amides is 1. The molecule has 1 amide bonds. The average Bonchev–Trinajstić information content (AvgIpc) is 2.75. The minimum Gasteiger partial charge on any atom is -0.367 e. The molecule has 1 aromatic carbocycles. The normalized spacial score (nSPS) is 18.0. The van der Waals surface area contributed by atoms with Crippen molar-refractivity contribution < 1.29 is 4.79 Å². The van der Waals surface area contributed by atoms with Gasteiger partial charge in [0, 0.05) is 30.2 Å². The minimum absolute atomic E-state index is 0.153. The summed E-state index contributed by atoms with van der Waals surface area (Å²) in [5.74, 6) is 0.153. The molecule has 1 atom stereocenters. The van der Waals surface area contributed by atoms with Crippen molar-refractivity contribution >= 4 is 11.6 Å². The van der Waals surface area contributed by atoms with Crippen LogP contribution < -0.4 is 10.2 Å². The van der Waals surface area contributed by atoms with Gasteiger partial charge in [0.1, 0.15) is 0 Å². The van der Waals surface area contributed by atoms with Gasteiger partial charge in [-0.15, -0.1) is 0 Å². The third kappa shape index (κ3) is 2.97. The molecule has 0 saturated carbocycles. The van der Waals surface area contributed by atoms with E-state index in [4.69, 9.17) is 0 Å². The zero-order valence-corrected chi connectivity index (χ0v) is 13.1. The van der Waals surface area contributed by atoms with E-state index in [1.54, 1.807) is 0 Å². The van der Waals surface area contributed by atoms with Gasteiger partial charge >= 0.3 is 0 Å². The van der Waals surface area contributed by atoms with E-state index in [0.29, 0.717) is 12.6 Å². The Bertz CT molecular complexity index is 482. The number of hydrogen-bond acceptors (Lipinski definition) is 2. The summed E-state index contributed by atoms with van der Waals surface area (Å²) in [6, 6.07) is 9.08. The van der Waals surface area contributed by atoms with E-state index in [2.05, 4.69) is 48.3 Å². The highest BCUT2D eigenvalue weighted by Crippen LogP contribution is 2.31. The monoisotopic (exact) mass is 274 g/mol. The molecule has 1 aliphatic heterocycles. The molecule has 0 saturated heterocycles. The second kappa shape index (κ2) is 5.86. The Labute approximate surface area is 122 Å². The molecule has 1 N–H and O–H groups in total. The SMILES string of the molecule is CCC(C)(C)C(=O)NCCN1c2ccccc2CC1C. The number of nitrogens with zero attached hydrogens (tertiary/aromatic N) is 1. The van der Waals surface area contributed by atoms with Crippen LogP contribution in [0.4, 0.5) is 5.69 Å². The molecule has 2 rings (SSSR count). The van der Waals surface area contributed by atoms with Gasteiger partial charge in [-0.2, -0.15) is 0 Å². The van der Waals surface area contributed by atoms with Crippen molar-refractivity contribution in [2.45, 2.75) is 46.6 Å². The molecule has 1 aliphatic rings. The van der Waals surface area contributed by atoms with Crippen LogP contribution in [0.1, 0.15) is 39.7 Å². The maximum Gasteiger partial charge on any atom is 0.225 e. The number of carbonyl (C=O) groups is 1. The summed E-state index contributed by atoms with van der Waals surface area (Å²) in [5, 5.41) is 3.07. The van der Waals surface area contributed by atoms with Gasteiger partial charge in [-0.3, -0.25) is 4.79 Å². The first-order valence-electron chi connectivity index (χ1n) is 7.58. The Balaban J connectivity index is 1.91. The molecule has 20 heavy (non-hydrogen) atoms. The Morgan fingerprint density at radius 2 is 2.10 bits per heavy atom. The van der Waals surface area contributed by atoms with E-state index in [-0.39, 0.29) is 11.3 Å². The van der Waals surface area contributed by atoms with Crippen LogP contribution in [0.3, 0.4) is 0 Å². The van der Waals surface area contributed by atoms with E-state index in [1.165, 1.54) is 11.3 Å². The maximum atomic E-state index is 12.1. The van der Waals surface area contributed by atoms with E-state index in [0.717, 1.165) is 19.4 Å². The van der Waals surface area contributed by atoms with E-state index in [9.17, 15) is 4.79 Å². The molecule has 3 nitrogen and oxygen atoms in total. The quantitative estimate of drug-likeness (QED) is 0.895. The molecule has 0 bridgehead atoms. The van der Waals surface area contributed by atoms with Crippen molar-refractivity contribution in [3.63, 3.8) is 0 Å². The fourth-order valence-electron chi connectivity index (χ4n) is 2.66. The second-order valence-corrected chi connectivity index (χ2v) is 6.37. The van der Waals surface area contributed by atoms with Gasteiger partial charge in [0.25, 0.3) is 0 Å². The highest BCUT2D eigenvalue weighted by molar-refractivity contribution is 5.81. The Hall–Kier alpha value is -1.51. The molecule has 0 aliphatic carbocycles. The van der Waals surface area contributed by atoms with Crippen molar-refractivity contribution in [3.8, 4) is 0 Å². The molecule has 0 aromatic heterocycles. The lowest BCUT2D eigenvalue weighted by molar-refractivity contribution is -0.129. The summed E-state index contributed by atoms with van der Waals surface area (Å²) in [6.07, 6.45) is 1.96. The van der Waals surface area contributed by atoms with E-state index in [1.807, 2.05) is 13.8 Å². The molecule has 1 heterocycles. The van der Waals surface area contributed by atoms with Gasteiger partial charge in [-0.25, -0.2) is 0 Å². The van der Waals surface area contributed by atoms with Crippen LogP contribution in [0.2, 0.25) is 0 Å². The summed E-state index contributed by atoms with van der Waals surface area (Å²) in [5.41, 5.74) is 2.47. The first-order chi connectivity index (χ1) is 9.45. The summed E-state index contributed by atoms with van der Waals surface area (Å²) < 4.78 is 0. The van der Waals surface area contributed by atoms with Crippen LogP contribution in [0.15, 0.2) is 24.3 Å². The zero-order chi connectivity index (χ0) is 14.8. The van der Waals surface area contributed by atoms with Crippen molar-refractivity contribution in [2.24, 2.45) is 5.41 Å².